The van der Waals surface area contributed by atoms with Crippen molar-refractivity contribution >= 4 is 17.8 Å². The SMILES string of the molecule is COc1ccc2c(c1)C(=O)N(C[C@]1(c3ccc(-c4cnccn4)cc3)NC(=O)NC1=O)C2. The van der Waals surface area contributed by atoms with Crippen molar-refractivity contribution in [3.8, 4) is 17.0 Å². The normalized spacial score (nSPS) is 19.5. The summed E-state index contributed by atoms with van der Waals surface area (Å²) in [5, 5.41) is 5.05. The Hall–Kier alpha value is -4.27. The van der Waals surface area contributed by atoms with Crippen LogP contribution in [0.2, 0.25) is 0 Å². The minimum absolute atomic E-state index is 0.00904. The van der Waals surface area contributed by atoms with Crippen LogP contribution in [0.1, 0.15) is 21.5 Å². The van der Waals surface area contributed by atoms with E-state index in [1.54, 1.807) is 47.8 Å². The van der Waals surface area contributed by atoms with Gasteiger partial charge >= 0.3 is 6.03 Å². The first kappa shape index (κ1) is 19.7. The van der Waals surface area contributed by atoms with Crippen molar-refractivity contribution < 1.29 is 19.1 Å². The lowest BCUT2D eigenvalue weighted by Crippen LogP contribution is -2.52. The fourth-order valence-corrected chi connectivity index (χ4v) is 4.15. The van der Waals surface area contributed by atoms with E-state index >= 15 is 0 Å². The Balaban J connectivity index is 1.48. The highest BCUT2D eigenvalue weighted by Crippen LogP contribution is 2.33. The van der Waals surface area contributed by atoms with E-state index in [1.807, 2.05) is 18.2 Å². The summed E-state index contributed by atoms with van der Waals surface area (Å²) in [5.41, 5.74) is 2.04. The maximum absolute atomic E-state index is 13.1. The molecule has 1 atom stereocenters. The van der Waals surface area contributed by atoms with Crippen molar-refractivity contribution in [2.24, 2.45) is 0 Å². The summed E-state index contributed by atoms with van der Waals surface area (Å²) >= 11 is 0. The van der Waals surface area contributed by atoms with Crippen molar-refractivity contribution in [3.05, 3.63) is 77.7 Å². The van der Waals surface area contributed by atoms with Crippen LogP contribution in [-0.2, 0) is 16.9 Å². The number of carbonyl (C=O) groups excluding carboxylic acids is 3. The standard InChI is InChI=1S/C23H19N5O4/c1-32-17-7-4-15-12-28(20(29)18(15)10-17)13-23(21(30)26-22(31)27-23)16-5-2-14(3-6-16)19-11-24-8-9-25-19/h2-11H,12-13H2,1H3,(H2,26,27,30,31)/t23-/m1/s1. The van der Waals surface area contributed by atoms with Crippen LogP contribution in [0.3, 0.4) is 0 Å². The fourth-order valence-electron chi connectivity index (χ4n) is 4.15. The van der Waals surface area contributed by atoms with E-state index in [9.17, 15) is 14.4 Å². The van der Waals surface area contributed by atoms with Crippen molar-refractivity contribution in [3.63, 3.8) is 0 Å². The van der Waals surface area contributed by atoms with E-state index in [4.69, 9.17) is 4.74 Å². The van der Waals surface area contributed by atoms with Crippen LogP contribution < -0.4 is 15.4 Å². The van der Waals surface area contributed by atoms with Crippen LogP contribution in [0.25, 0.3) is 11.3 Å². The predicted octanol–water partition coefficient (Wildman–Crippen LogP) is 1.84. The molecule has 1 saturated heterocycles. The number of benzene rings is 2. The van der Waals surface area contributed by atoms with Gasteiger partial charge in [-0.1, -0.05) is 30.3 Å². The van der Waals surface area contributed by atoms with Gasteiger partial charge in [-0.3, -0.25) is 24.9 Å². The highest BCUT2D eigenvalue weighted by atomic mass is 16.5. The average Bonchev–Trinajstić information content (AvgIpc) is 3.29. The number of imide groups is 1. The Labute approximate surface area is 183 Å². The monoisotopic (exact) mass is 429 g/mol. The van der Waals surface area contributed by atoms with Crippen molar-refractivity contribution in [1.82, 2.24) is 25.5 Å². The predicted molar refractivity (Wildman–Crippen MR) is 114 cm³/mol. The van der Waals surface area contributed by atoms with Crippen LogP contribution in [0.5, 0.6) is 5.75 Å². The lowest BCUT2D eigenvalue weighted by molar-refractivity contribution is -0.124. The Kier molecular flexibility index (Phi) is 4.58. The molecule has 1 aromatic heterocycles. The molecule has 2 N–H and O–H groups in total. The van der Waals surface area contributed by atoms with Gasteiger partial charge in [0.05, 0.1) is 25.5 Å². The van der Waals surface area contributed by atoms with Crippen LogP contribution in [0, 0.1) is 0 Å². The summed E-state index contributed by atoms with van der Waals surface area (Å²) in [6.45, 7) is 0.325. The molecule has 9 nitrogen and oxygen atoms in total. The molecule has 3 heterocycles. The average molecular weight is 429 g/mol. The van der Waals surface area contributed by atoms with Gasteiger partial charge in [-0.15, -0.1) is 0 Å². The molecule has 3 aromatic rings. The number of hydrogen-bond donors (Lipinski definition) is 2. The van der Waals surface area contributed by atoms with Gasteiger partial charge in [0.1, 0.15) is 5.75 Å². The van der Waals surface area contributed by atoms with Crippen LogP contribution in [-0.4, -0.2) is 46.4 Å². The van der Waals surface area contributed by atoms with Gasteiger partial charge in [0.15, 0.2) is 5.54 Å². The third-order valence-electron chi connectivity index (χ3n) is 5.80. The summed E-state index contributed by atoms with van der Waals surface area (Å²) in [4.78, 5) is 48.0. The maximum Gasteiger partial charge on any atom is 0.322 e. The number of ether oxygens (including phenoxy) is 1. The molecule has 4 amide bonds. The molecular formula is C23H19N5O4. The maximum atomic E-state index is 13.1. The number of urea groups is 1. The number of nitrogens with one attached hydrogen (secondary N) is 2. The minimum Gasteiger partial charge on any atom is -0.497 e. The third kappa shape index (κ3) is 3.15. The Morgan fingerprint density at radius 3 is 2.56 bits per heavy atom. The molecule has 2 aromatic carbocycles. The fraction of sp³-hybridized carbons (Fsp3) is 0.174. The molecular weight excluding hydrogens is 410 g/mol. The van der Waals surface area contributed by atoms with E-state index in [0.717, 1.165) is 11.1 Å². The quantitative estimate of drug-likeness (QED) is 0.599. The first-order valence-corrected chi connectivity index (χ1v) is 9.97. The zero-order valence-corrected chi connectivity index (χ0v) is 17.2. The van der Waals surface area contributed by atoms with Crippen molar-refractivity contribution in [2.75, 3.05) is 13.7 Å². The van der Waals surface area contributed by atoms with Gasteiger partial charge < -0.3 is 15.0 Å². The van der Waals surface area contributed by atoms with Gasteiger partial charge in [0.2, 0.25) is 0 Å². The molecule has 0 saturated carbocycles. The lowest BCUT2D eigenvalue weighted by Gasteiger charge is -2.31. The topological polar surface area (TPSA) is 114 Å². The van der Waals surface area contributed by atoms with Gasteiger partial charge in [0.25, 0.3) is 11.8 Å². The van der Waals surface area contributed by atoms with Gasteiger partial charge in [-0.25, -0.2) is 4.79 Å². The van der Waals surface area contributed by atoms with E-state index in [2.05, 4.69) is 20.6 Å². The first-order valence-electron chi connectivity index (χ1n) is 9.97. The molecule has 160 valence electrons. The van der Waals surface area contributed by atoms with Crippen LogP contribution >= 0.6 is 0 Å². The zero-order chi connectivity index (χ0) is 22.3. The highest BCUT2D eigenvalue weighted by molar-refractivity contribution is 6.08. The van der Waals surface area contributed by atoms with E-state index in [-0.39, 0.29) is 12.5 Å². The van der Waals surface area contributed by atoms with Gasteiger partial charge in [-0.2, -0.15) is 0 Å². The molecule has 0 spiro atoms. The van der Waals surface area contributed by atoms with E-state index < -0.39 is 17.5 Å². The van der Waals surface area contributed by atoms with E-state index in [1.165, 1.54) is 7.11 Å². The highest BCUT2D eigenvalue weighted by Gasteiger charge is 2.50. The number of carbonyl (C=O) groups is 3. The lowest BCUT2D eigenvalue weighted by atomic mass is 9.88. The largest absolute Gasteiger partial charge is 0.497 e. The number of nitrogens with zero attached hydrogens (tertiary/aromatic N) is 3. The molecule has 0 unspecified atom stereocenters. The minimum atomic E-state index is -1.40. The molecule has 0 aliphatic carbocycles. The number of hydrogen-bond acceptors (Lipinski definition) is 6. The molecule has 0 radical (unpaired) electrons. The summed E-state index contributed by atoms with van der Waals surface area (Å²) in [5.74, 6) is -0.139. The van der Waals surface area contributed by atoms with E-state index in [0.29, 0.717) is 29.1 Å². The Morgan fingerprint density at radius 1 is 1.09 bits per heavy atom. The summed E-state index contributed by atoms with van der Waals surface area (Å²) < 4.78 is 5.22. The second kappa shape index (κ2) is 7.45. The summed E-state index contributed by atoms with van der Waals surface area (Å²) in [6.07, 6.45) is 4.83. The molecule has 9 heteroatoms. The second-order valence-corrected chi connectivity index (χ2v) is 7.67. The molecule has 0 bridgehead atoms. The summed E-state index contributed by atoms with van der Waals surface area (Å²) in [7, 11) is 1.54. The molecule has 32 heavy (non-hydrogen) atoms. The number of fused-ring (bicyclic) bond motifs is 1. The number of rotatable bonds is 5. The van der Waals surface area contributed by atoms with Crippen molar-refractivity contribution in [2.45, 2.75) is 12.1 Å². The van der Waals surface area contributed by atoms with Crippen molar-refractivity contribution in [1.29, 1.82) is 0 Å². The molecule has 2 aliphatic heterocycles. The second-order valence-electron chi connectivity index (χ2n) is 7.67. The third-order valence-corrected chi connectivity index (χ3v) is 5.80. The number of methoxy groups -OCH3 is 1. The molecule has 1 fully saturated rings. The number of aromatic nitrogens is 2. The van der Waals surface area contributed by atoms with Crippen LogP contribution in [0.4, 0.5) is 4.79 Å². The van der Waals surface area contributed by atoms with Gasteiger partial charge in [-0.05, 0) is 23.3 Å². The Bertz CT molecular complexity index is 1230. The zero-order valence-electron chi connectivity index (χ0n) is 17.2. The van der Waals surface area contributed by atoms with Crippen LogP contribution in [0.15, 0.2) is 61.1 Å². The first-order chi connectivity index (χ1) is 15.5. The summed E-state index contributed by atoms with van der Waals surface area (Å²) in [6, 6.07) is 11.8. The molecule has 5 rings (SSSR count). The smallest absolute Gasteiger partial charge is 0.322 e. The number of amides is 4. The molecule has 2 aliphatic rings. The Morgan fingerprint density at radius 2 is 1.91 bits per heavy atom. The van der Waals surface area contributed by atoms with Gasteiger partial charge in [0, 0.05) is 30.1 Å².